The van der Waals surface area contributed by atoms with Crippen molar-refractivity contribution in [3.05, 3.63) is 58.4 Å². The van der Waals surface area contributed by atoms with Gasteiger partial charge in [0.25, 0.3) is 0 Å². The Morgan fingerprint density at radius 3 is 2.65 bits per heavy atom. The van der Waals surface area contributed by atoms with Gasteiger partial charge in [-0.15, -0.1) is 0 Å². The zero-order valence-electron chi connectivity index (χ0n) is 9.17. The van der Waals surface area contributed by atoms with E-state index < -0.39 is 0 Å². The first kappa shape index (κ1) is 11.6. The highest BCUT2D eigenvalue weighted by molar-refractivity contribution is 6.33. The van der Waals surface area contributed by atoms with Gasteiger partial charge in [0.15, 0.2) is 0 Å². The van der Waals surface area contributed by atoms with Gasteiger partial charge in [-0.3, -0.25) is 0 Å². The van der Waals surface area contributed by atoms with E-state index >= 15 is 0 Å². The molecule has 2 aromatic carbocycles. The summed E-state index contributed by atoms with van der Waals surface area (Å²) in [4.78, 5) is 0. The van der Waals surface area contributed by atoms with Gasteiger partial charge in [-0.25, -0.2) is 4.39 Å². The van der Waals surface area contributed by atoms with Gasteiger partial charge in [-0.05, 0) is 42.3 Å². The molecule has 0 aliphatic carbocycles. The summed E-state index contributed by atoms with van der Waals surface area (Å²) in [6, 6.07) is 11.7. The van der Waals surface area contributed by atoms with Crippen molar-refractivity contribution >= 4 is 11.6 Å². The molecule has 0 saturated heterocycles. The van der Waals surface area contributed by atoms with Gasteiger partial charge in [0, 0.05) is 5.56 Å². The first-order valence-corrected chi connectivity index (χ1v) is 5.46. The largest absolute Gasteiger partial charge is 0.206 e. The maximum Gasteiger partial charge on any atom is 0.132 e. The second kappa shape index (κ2) is 4.57. The molecule has 0 aliphatic heterocycles. The number of nitrogens with zero attached hydrogens (tertiary/aromatic N) is 1. The van der Waals surface area contributed by atoms with Crippen molar-refractivity contribution < 1.29 is 4.39 Å². The van der Waals surface area contributed by atoms with Crippen LogP contribution in [0.3, 0.4) is 0 Å². The van der Waals surface area contributed by atoms with E-state index in [-0.39, 0.29) is 5.82 Å². The Bertz CT molecular complexity index is 594. The van der Waals surface area contributed by atoms with Crippen LogP contribution in [0.4, 0.5) is 4.39 Å². The molecule has 0 N–H and O–H groups in total. The first-order chi connectivity index (χ1) is 8.13. The van der Waals surface area contributed by atoms with Crippen molar-refractivity contribution in [3.8, 4) is 17.2 Å². The molecule has 2 rings (SSSR count). The van der Waals surface area contributed by atoms with Crippen LogP contribution in [0.1, 0.15) is 11.1 Å². The normalized spacial score (nSPS) is 10.0. The minimum Gasteiger partial charge on any atom is -0.206 e. The monoisotopic (exact) mass is 245 g/mol. The van der Waals surface area contributed by atoms with Crippen LogP contribution < -0.4 is 0 Å². The lowest BCUT2D eigenvalue weighted by Crippen LogP contribution is -1.90. The summed E-state index contributed by atoms with van der Waals surface area (Å²) >= 11 is 6.01. The maximum atomic E-state index is 13.8. The molecule has 0 fully saturated rings. The second-order valence-electron chi connectivity index (χ2n) is 3.74. The molecule has 0 atom stereocenters. The van der Waals surface area contributed by atoms with E-state index in [9.17, 15) is 4.39 Å². The van der Waals surface area contributed by atoms with Crippen LogP contribution >= 0.6 is 11.6 Å². The molecule has 17 heavy (non-hydrogen) atoms. The van der Waals surface area contributed by atoms with E-state index in [0.29, 0.717) is 21.7 Å². The standard InChI is InChI=1S/C14H9ClFN/c1-9-5-6-10(8-17)7-11(9)14-12(15)3-2-4-13(14)16/h2-7H,1H3. The third-order valence-corrected chi connectivity index (χ3v) is 2.91. The van der Waals surface area contributed by atoms with E-state index in [1.807, 2.05) is 13.0 Å². The first-order valence-electron chi connectivity index (χ1n) is 5.08. The van der Waals surface area contributed by atoms with Gasteiger partial charge in [0.1, 0.15) is 5.82 Å². The Morgan fingerprint density at radius 2 is 2.00 bits per heavy atom. The molecule has 0 radical (unpaired) electrons. The topological polar surface area (TPSA) is 23.8 Å². The van der Waals surface area contributed by atoms with Gasteiger partial charge in [0.05, 0.1) is 16.7 Å². The Morgan fingerprint density at radius 1 is 1.24 bits per heavy atom. The van der Waals surface area contributed by atoms with Crippen LogP contribution in [-0.2, 0) is 0 Å². The van der Waals surface area contributed by atoms with Crippen molar-refractivity contribution in [1.82, 2.24) is 0 Å². The van der Waals surface area contributed by atoms with Crippen molar-refractivity contribution in [3.63, 3.8) is 0 Å². The van der Waals surface area contributed by atoms with E-state index in [1.165, 1.54) is 6.07 Å². The van der Waals surface area contributed by atoms with Crippen molar-refractivity contribution in [2.75, 3.05) is 0 Å². The highest BCUT2D eigenvalue weighted by atomic mass is 35.5. The molecule has 2 aromatic rings. The van der Waals surface area contributed by atoms with Crippen molar-refractivity contribution in [2.24, 2.45) is 0 Å². The Kier molecular flexibility index (Phi) is 3.12. The molecule has 0 aromatic heterocycles. The van der Waals surface area contributed by atoms with Gasteiger partial charge < -0.3 is 0 Å². The molecule has 0 bridgehead atoms. The molecule has 0 amide bonds. The van der Waals surface area contributed by atoms with Crippen molar-refractivity contribution in [2.45, 2.75) is 6.92 Å². The average Bonchev–Trinajstić information content (AvgIpc) is 2.31. The summed E-state index contributed by atoms with van der Waals surface area (Å²) in [7, 11) is 0. The van der Waals surface area contributed by atoms with Gasteiger partial charge in [-0.1, -0.05) is 23.7 Å². The maximum absolute atomic E-state index is 13.8. The smallest absolute Gasteiger partial charge is 0.132 e. The zero-order chi connectivity index (χ0) is 12.4. The number of hydrogen-bond donors (Lipinski definition) is 0. The highest BCUT2D eigenvalue weighted by Gasteiger charge is 2.12. The van der Waals surface area contributed by atoms with Crippen molar-refractivity contribution in [1.29, 1.82) is 5.26 Å². The summed E-state index contributed by atoms with van der Waals surface area (Å²) < 4.78 is 13.8. The Hall–Kier alpha value is -1.85. The number of halogens is 2. The van der Waals surface area contributed by atoms with E-state index in [2.05, 4.69) is 0 Å². The summed E-state index contributed by atoms with van der Waals surface area (Å²) in [5.74, 6) is -0.379. The van der Waals surface area contributed by atoms with Crippen LogP contribution in [0.25, 0.3) is 11.1 Å². The summed E-state index contributed by atoms with van der Waals surface area (Å²) in [5.41, 5.74) is 2.39. The molecular formula is C14H9ClFN. The van der Waals surface area contributed by atoms with Crippen LogP contribution in [-0.4, -0.2) is 0 Å². The summed E-state index contributed by atoms with van der Waals surface area (Å²) in [5, 5.41) is 9.21. The second-order valence-corrected chi connectivity index (χ2v) is 4.15. The van der Waals surface area contributed by atoms with Crippen LogP contribution in [0.5, 0.6) is 0 Å². The van der Waals surface area contributed by atoms with Crippen LogP contribution in [0.15, 0.2) is 36.4 Å². The molecule has 0 spiro atoms. The zero-order valence-corrected chi connectivity index (χ0v) is 9.92. The third kappa shape index (κ3) is 2.15. The fraction of sp³-hybridized carbons (Fsp3) is 0.0714. The Balaban J connectivity index is 2.73. The Labute approximate surface area is 104 Å². The molecule has 3 heteroatoms. The highest BCUT2D eigenvalue weighted by Crippen LogP contribution is 2.33. The van der Waals surface area contributed by atoms with E-state index in [1.54, 1.807) is 30.3 Å². The number of hydrogen-bond acceptors (Lipinski definition) is 1. The minimum atomic E-state index is -0.379. The molecule has 1 nitrogen and oxygen atoms in total. The average molecular weight is 246 g/mol. The lowest BCUT2D eigenvalue weighted by atomic mass is 9.98. The number of aryl methyl sites for hydroxylation is 1. The summed E-state index contributed by atoms with van der Waals surface area (Å²) in [6.07, 6.45) is 0. The number of benzene rings is 2. The molecule has 84 valence electrons. The quantitative estimate of drug-likeness (QED) is 0.734. The van der Waals surface area contributed by atoms with E-state index in [4.69, 9.17) is 16.9 Å². The third-order valence-electron chi connectivity index (χ3n) is 2.60. The lowest BCUT2D eigenvalue weighted by Gasteiger charge is -2.09. The number of nitriles is 1. The van der Waals surface area contributed by atoms with Gasteiger partial charge in [-0.2, -0.15) is 5.26 Å². The molecule has 0 saturated carbocycles. The summed E-state index contributed by atoms with van der Waals surface area (Å²) in [6.45, 7) is 1.86. The van der Waals surface area contributed by atoms with Gasteiger partial charge >= 0.3 is 0 Å². The lowest BCUT2D eigenvalue weighted by molar-refractivity contribution is 0.631. The number of rotatable bonds is 1. The SMILES string of the molecule is Cc1ccc(C#N)cc1-c1c(F)cccc1Cl. The van der Waals surface area contributed by atoms with E-state index in [0.717, 1.165) is 5.56 Å². The van der Waals surface area contributed by atoms with Crippen LogP contribution in [0, 0.1) is 24.1 Å². The predicted molar refractivity (Wildman–Crippen MR) is 66.3 cm³/mol. The predicted octanol–water partition coefficient (Wildman–Crippen LogP) is 4.33. The molecule has 0 aliphatic rings. The fourth-order valence-corrected chi connectivity index (χ4v) is 1.98. The minimum absolute atomic E-state index is 0.350. The van der Waals surface area contributed by atoms with Gasteiger partial charge in [0.2, 0.25) is 0 Å². The molecule has 0 unspecified atom stereocenters. The fourth-order valence-electron chi connectivity index (χ4n) is 1.72. The molecule has 0 heterocycles. The van der Waals surface area contributed by atoms with Crippen LogP contribution in [0.2, 0.25) is 5.02 Å². The molecular weight excluding hydrogens is 237 g/mol.